The molecule has 1 aromatic heterocycles. The van der Waals surface area contributed by atoms with Gasteiger partial charge in [-0.15, -0.1) is 0 Å². The Kier molecular flexibility index (Phi) is 3.88. The average Bonchev–Trinajstić information content (AvgIpc) is 2.81. The molecule has 1 aromatic carbocycles. The van der Waals surface area contributed by atoms with Crippen molar-refractivity contribution in [2.75, 3.05) is 6.54 Å². The first-order valence-corrected chi connectivity index (χ1v) is 5.64. The minimum Gasteiger partial charge on any atom is -0.508 e. The third-order valence-electron chi connectivity index (χ3n) is 2.67. The van der Waals surface area contributed by atoms with Gasteiger partial charge < -0.3 is 14.9 Å². The van der Waals surface area contributed by atoms with Crippen LogP contribution in [0.5, 0.6) is 5.75 Å². The lowest BCUT2D eigenvalue weighted by molar-refractivity contribution is 0.408. The number of hydrogen-bond acceptors (Lipinski definition) is 5. The summed E-state index contributed by atoms with van der Waals surface area (Å²) in [4.78, 5) is 3.90. The number of nitrogens with zero attached hydrogens (tertiary/aromatic N) is 2. The molecule has 1 atom stereocenters. The molecule has 0 aliphatic rings. The summed E-state index contributed by atoms with van der Waals surface area (Å²) in [6.45, 7) is 2.53. The van der Waals surface area contributed by atoms with E-state index in [-0.39, 0.29) is 11.8 Å². The summed E-state index contributed by atoms with van der Waals surface area (Å²) < 4.78 is 17.5. The first-order chi connectivity index (χ1) is 8.66. The lowest BCUT2D eigenvalue weighted by Crippen LogP contribution is -2.21. The van der Waals surface area contributed by atoms with Gasteiger partial charge in [0.2, 0.25) is 6.39 Å². The predicted molar refractivity (Wildman–Crippen MR) is 62.5 cm³/mol. The van der Waals surface area contributed by atoms with Crippen LogP contribution in [0.3, 0.4) is 0 Å². The molecule has 0 fully saturated rings. The molecule has 0 radical (unpaired) electrons. The average molecular weight is 251 g/mol. The molecule has 18 heavy (non-hydrogen) atoms. The van der Waals surface area contributed by atoms with Crippen molar-refractivity contribution in [3.63, 3.8) is 0 Å². The van der Waals surface area contributed by atoms with E-state index in [1.807, 2.05) is 6.92 Å². The molecule has 2 aromatic rings. The van der Waals surface area contributed by atoms with Crippen LogP contribution < -0.4 is 5.32 Å². The molecule has 0 saturated carbocycles. The second-order valence-electron chi connectivity index (χ2n) is 3.98. The maximum absolute atomic E-state index is 12.8. The number of benzene rings is 1. The van der Waals surface area contributed by atoms with E-state index in [0.717, 1.165) is 6.07 Å². The summed E-state index contributed by atoms with van der Waals surface area (Å²) in [7, 11) is 0. The van der Waals surface area contributed by atoms with Crippen LogP contribution in [0.2, 0.25) is 0 Å². The second-order valence-corrected chi connectivity index (χ2v) is 3.98. The number of phenols is 1. The second kappa shape index (κ2) is 5.59. The predicted octanol–water partition coefficient (Wildman–Crippen LogP) is 1.81. The van der Waals surface area contributed by atoms with Gasteiger partial charge in [0.15, 0.2) is 5.82 Å². The highest BCUT2D eigenvalue weighted by Crippen LogP contribution is 2.24. The van der Waals surface area contributed by atoms with Crippen molar-refractivity contribution in [3.05, 3.63) is 41.8 Å². The Bertz CT molecular complexity index is 502. The van der Waals surface area contributed by atoms with Gasteiger partial charge in [0.05, 0.1) is 0 Å². The van der Waals surface area contributed by atoms with Gasteiger partial charge in [0.1, 0.15) is 11.6 Å². The zero-order chi connectivity index (χ0) is 13.0. The van der Waals surface area contributed by atoms with Gasteiger partial charge in [0.25, 0.3) is 0 Å². The fourth-order valence-corrected chi connectivity index (χ4v) is 1.70. The molecule has 0 aliphatic heterocycles. The molecule has 1 heterocycles. The molecule has 0 aliphatic carbocycles. The van der Waals surface area contributed by atoms with Crippen molar-refractivity contribution in [1.29, 1.82) is 0 Å². The monoisotopic (exact) mass is 251 g/mol. The van der Waals surface area contributed by atoms with Crippen molar-refractivity contribution < 1.29 is 14.0 Å². The molecule has 0 amide bonds. The highest BCUT2D eigenvalue weighted by Gasteiger charge is 2.10. The van der Waals surface area contributed by atoms with Crippen molar-refractivity contribution in [2.24, 2.45) is 0 Å². The van der Waals surface area contributed by atoms with Gasteiger partial charge in [-0.3, -0.25) is 0 Å². The highest BCUT2D eigenvalue weighted by atomic mass is 19.1. The Morgan fingerprint density at radius 2 is 2.33 bits per heavy atom. The van der Waals surface area contributed by atoms with E-state index in [0.29, 0.717) is 24.4 Å². The fourth-order valence-electron chi connectivity index (χ4n) is 1.70. The van der Waals surface area contributed by atoms with Crippen LogP contribution in [0.15, 0.2) is 29.1 Å². The molecular formula is C12H14FN3O2. The maximum Gasteiger partial charge on any atom is 0.213 e. The summed E-state index contributed by atoms with van der Waals surface area (Å²) in [5.74, 6) is 0.128. The van der Waals surface area contributed by atoms with E-state index < -0.39 is 5.82 Å². The number of rotatable bonds is 5. The summed E-state index contributed by atoms with van der Waals surface area (Å²) in [6, 6.07) is 3.91. The molecule has 5 nitrogen and oxygen atoms in total. The van der Waals surface area contributed by atoms with Gasteiger partial charge >= 0.3 is 0 Å². The Labute approximate surface area is 104 Å². The molecule has 0 spiro atoms. The Morgan fingerprint density at radius 1 is 1.50 bits per heavy atom. The molecule has 0 bridgehead atoms. The molecule has 6 heteroatoms. The lowest BCUT2D eigenvalue weighted by atomic mass is 10.1. The first-order valence-electron chi connectivity index (χ1n) is 5.64. The maximum atomic E-state index is 12.8. The van der Waals surface area contributed by atoms with E-state index >= 15 is 0 Å². The number of halogens is 1. The van der Waals surface area contributed by atoms with Gasteiger partial charge in [-0.1, -0.05) is 11.2 Å². The van der Waals surface area contributed by atoms with Crippen molar-refractivity contribution in [3.8, 4) is 5.75 Å². The van der Waals surface area contributed by atoms with Crippen LogP contribution in [0.4, 0.5) is 4.39 Å². The van der Waals surface area contributed by atoms with E-state index in [1.54, 1.807) is 6.07 Å². The molecule has 1 unspecified atom stereocenters. The van der Waals surface area contributed by atoms with Crippen molar-refractivity contribution >= 4 is 0 Å². The van der Waals surface area contributed by atoms with E-state index in [9.17, 15) is 9.50 Å². The zero-order valence-electron chi connectivity index (χ0n) is 9.93. The summed E-state index contributed by atoms with van der Waals surface area (Å²) in [6.07, 6.45) is 1.91. The zero-order valence-corrected chi connectivity index (χ0v) is 9.93. The summed E-state index contributed by atoms with van der Waals surface area (Å²) >= 11 is 0. The van der Waals surface area contributed by atoms with Crippen LogP contribution in [-0.4, -0.2) is 21.8 Å². The Morgan fingerprint density at radius 3 is 3.00 bits per heavy atom. The van der Waals surface area contributed by atoms with Crippen LogP contribution in [-0.2, 0) is 6.42 Å². The van der Waals surface area contributed by atoms with E-state index in [1.165, 1.54) is 12.5 Å². The molecule has 2 rings (SSSR count). The first kappa shape index (κ1) is 12.5. The quantitative estimate of drug-likeness (QED) is 0.848. The summed E-state index contributed by atoms with van der Waals surface area (Å²) in [5.41, 5.74) is 0.657. The summed E-state index contributed by atoms with van der Waals surface area (Å²) in [5, 5.41) is 16.5. The smallest absolute Gasteiger partial charge is 0.213 e. The third kappa shape index (κ3) is 3.04. The van der Waals surface area contributed by atoms with Crippen LogP contribution in [0, 0.1) is 5.82 Å². The number of phenolic OH excluding ortho intramolecular Hbond substituents is 1. The van der Waals surface area contributed by atoms with E-state index in [2.05, 4.69) is 20.0 Å². The van der Waals surface area contributed by atoms with Gasteiger partial charge in [-0.05, 0) is 13.0 Å². The largest absolute Gasteiger partial charge is 0.508 e. The van der Waals surface area contributed by atoms with Crippen LogP contribution >= 0.6 is 0 Å². The topological polar surface area (TPSA) is 71.2 Å². The minimum absolute atomic E-state index is 0.0467. The normalized spacial score (nSPS) is 12.6. The SMILES string of the molecule is CC(NCCc1ncon1)c1ccc(F)cc1O. The number of aromatic nitrogens is 2. The van der Waals surface area contributed by atoms with Gasteiger partial charge in [-0.2, -0.15) is 4.98 Å². The van der Waals surface area contributed by atoms with Gasteiger partial charge in [0, 0.05) is 30.6 Å². The number of nitrogens with one attached hydrogen (secondary N) is 1. The van der Waals surface area contributed by atoms with E-state index in [4.69, 9.17) is 0 Å². The molecule has 0 saturated heterocycles. The molecule has 96 valence electrons. The lowest BCUT2D eigenvalue weighted by Gasteiger charge is -2.14. The standard InChI is InChI=1S/C12H14FN3O2/c1-8(10-3-2-9(13)6-11(10)17)14-5-4-12-15-7-18-16-12/h2-3,6-8,14,17H,4-5H2,1H3. The number of hydrogen-bond donors (Lipinski definition) is 2. The third-order valence-corrected chi connectivity index (χ3v) is 2.67. The van der Waals surface area contributed by atoms with Gasteiger partial charge in [-0.25, -0.2) is 4.39 Å². The van der Waals surface area contributed by atoms with Crippen LogP contribution in [0.1, 0.15) is 24.4 Å². The van der Waals surface area contributed by atoms with Crippen molar-refractivity contribution in [2.45, 2.75) is 19.4 Å². The molecular weight excluding hydrogens is 237 g/mol. The Balaban J connectivity index is 1.89. The number of aromatic hydroxyl groups is 1. The minimum atomic E-state index is -0.449. The fraction of sp³-hybridized carbons (Fsp3) is 0.333. The van der Waals surface area contributed by atoms with Crippen molar-refractivity contribution in [1.82, 2.24) is 15.5 Å². The highest BCUT2D eigenvalue weighted by molar-refractivity contribution is 5.34. The van der Waals surface area contributed by atoms with Crippen LogP contribution in [0.25, 0.3) is 0 Å². The Hall–Kier alpha value is -1.95. The molecule has 2 N–H and O–H groups in total.